The van der Waals surface area contributed by atoms with Crippen LogP contribution in [0, 0.1) is 17.8 Å². The lowest BCUT2D eigenvalue weighted by Gasteiger charge is -2.36. The number of amides is 2. The van der Waals surface area contributed by atoms with E-state index in [9.17, 15) is 19.5 Å². The topological polar surface area (TPSA) is 151 Å². The first kappa shape index (κ1) is 20.0. The molecule has 9 nitrogen and oxygen atoms in total. The molecule has 1 saturated heterocycles. The number of guanidine groups is 1. The van der Waals surface area contributed by atoms with Crippen LogP contribution in [0.3, 0.4) is 0 Å². The molecule has 1 heterocycles. The number of carboxylic acid groups (broad SMARTS) is 1. The largest absolute Gasteiger partial charge is 0.481 e. The van der Waals surface area contributed by atoms with Crippen molar-refractivity contribution in [3.63, 3.8) is 0 Å². The lowest BCUT2D eigenvalue weighted by atomic mass is 9.91. The lowest BCUT2D eigenvalue weighted by molar-refractivity contribution is -0.142. The highest BCUT2D eigenvalue weighted by Crippen LogP contribution is 2.37. The summed E-state index contributed by atoms with van der Waals surface area (Å²) in [7, 11) is 0. The molecule has 146 valence electrons. The molecule has 5 atom stereocenters. The first-order valence-corrected chi connectivity index (χ1v) is 9.06. The van der Waals surface area contributed by atoms with E-state index < -0.39 is 29.9 Å². The van der Waals surface area contributed by atoms with Crippen molar-refractivity contribution in [2.75, 3.05) is 13.1 Å². The van der Waals surface area contributed by atoms with E-state index in [2.05, 4.69) is 17.2 Å². The minimum atomic E-state index is -0.941. The predicted octanol–water partition coefficient (Wildman–Crippen LogP) is -0.498. The van der Waals surface area contributed by atoms with Crippen LogP contribution in [0.4, 0.5) is 0 Å². The fourth-order valence-corrected chi connectivity index (χ4v) is 4.11. The smallest absolute Gasteiger partial charge is 0.306 e. The maximum absolute atomic E-state index is 13.1. The van der Waals surface area contributed by atoms with E-state index in [1.165, 1.54) is 6.92 Å². The molecule has 2 amide bonds. The Morgan fingerprint density at radius 2 is 1.96 bits per heavy atom. The zero-order valence-corrected chi connectivity index (χ0v) is 15.4. The number of likely N-dealkylation sites (tertiary alicyclic amines) is 1. The van der Waals surface area contributed by atoms with Crippen molar-refractivity contribution < 1.29 is 19.5 Å². The number of nitrogens with one attached hydrogen (secondary N) is 1. The van der Waals surface area contributed by atoms with Gasteiger partial charge in [0.15, 0.2) is 5.96 Å². The Hall–Kier alpha value is -2.32. The Morgan fingerprint density at radius 3 is 2.50 bits per heavy atom. The van der Waals surface area contributed by atoms with Crippen LogP contribution in [-0.4, -0.2) is 58.9 Å². The lowest BCUT2D eigenvalue weighted by Crippen LogP contribution is -2.55. The quantitative estimate of drug-likeness (QED) is 0.380. The molecule has 6 N–H and O–H groups in total. The number of rotatable bonds is 5. The van der Waals surface area contributed by atoms with E-state index in [0.29, 0.717) is 19.0 Å². The highest BCUT2D eigenvalue weighted by atomic mass is 16.4. The van der Waals surface area contributed by atoms with Gasteiger partial charge in [-0.05, 0) is 31.6 Å². The van der Waals surface area contributed by atoms with Gasteiger partial charge in [-0.3, -0.25) is 14.4 Å². The molecule has 0 aromatic carbocycles. The number of nitrogens with zero attached hydrogens (tertiary/aromatic N) is 2. The van der Waals surface area contributed by atoms with E-state index in [-0.39, 0.29) is 30.6 Å². The highest BCUT2D eigenvalue weighted by Gasteiger charge is 2.46. The van der Waals surface area contributed by atoms with Crippen molar-refractivity contribution in [2.45, 2.75) is 51.6 Å². The van der Waals surface area contributed by atoms with Crippen LogP contribution >= 0.6 is 0 Å². The molecule has 0 bridgehead atoms. The molecule has 3 unspecified atom stereocenters. The molecule has 1 aliphatic heterocycles. The maximum Gasteiger partial charge on any atom is 0.306 e. The molecular weight excluding hydrogens is 338 g/mol. The molecule has 1 aliphatic carbocycles. The molecule has 9 heteroatoms. The summed E-state index contributed by atoms with van der Waals surface area (Å²) in [6.07, 6.45) is 2.48. The van der Waals surface area contributed by atoms with E-state index in [0.717, 1.165) is 12.8 Å². The van der Waals surface area contributed by atoms with Crippen molar-refractivity contribution in [1.82, 2.24) is 10.2 Å². The predicted molar refractivity (Wildman–Crippen MR) is 96.0 cm³/mol. The van der Waals surface area contributed by atoms with Gasteiger partial charge < -0.3 is 26.8 Å². The zero-order chi connectivity index (χ0) is 19.4. The van der Waals surface area contributed by atoms with Gasteiger partial charge in [-0.25, -0.2) is 4.99 Å². The third-order valence-electron chi connectivity index (χ3n) is 5.26. The number of aliphatic carboxylic acids is 1. The van der Waals surface area contributed by atoms with E-state index >= 15 is 0 Å². The average Bonchev–Trinajstić information content (AvgIpc) is 2.95. The summed E-state index contributed by atoms with van der Waals surface area (Å²) in [6.45, 7) is 4.71. The van der Waals surface area contributed by atoms with Gasteiger partial charge in [0.25, 0.3) is 0 Å². The van der Waals surface area contributed by atoms with Gasteiger partial charge in [0.05, 0.1) is 12.0 Å². The monoisotopic (exact) mass is 367 g/mol. The molecule has 2 fully saturated rings. The van der Waals surface area contributed by atoms with Gasteiger partial charge in [0.2, 0.25) is 11.8 Å². The van der Waals surface area contributed by atoms with Gasteiger partial charge in [-0.2, -0.15) is 0 Å². The number of carbonyl (C=O) groups excluding carboxylic acids is 2. The second-order valence-electron chi connectivity index (χ2n) is 7.50. The second-order valence-corrected chi connectivity index (χ2v) is 7.50. The molecule has 0 radical (unpaired) electrons. The average molecular weight is 367 g/mol. The van der Waals surface area contributed by atoms with Crippen LogP contribution in [0.5, 0.6) is 0 Å². The van der Waals surface area contributed by atoms with Crippen molar-refractivity contribution in [3.05, 3.63) is 0 Å². The van der Waals surface area contributed by atoms with Gasteiger partial charge in [-0.1, -0.05) is 6.92 Å². The summed E-state index contributed by atoms with van der Waals surface area (Å²) in [6, 6.07) is -1.33. The third kappa shape index (κ3) is 4.86. The molecule has 0 aromatic rings. The fourth-order valence-electron chi connectivity index (χ4n) is 4.11. The maximum atomic E-state index is 13.1. The SMILES string of the molecule is CC(=O)NC(C(=O)N1CCCC(C)C1)[C@H]1CC(C(=O)O)C[C@@H]1N=C(N)N. The summed E-state index contributed by atoms with van der Waals surface area (Å²) in [5.74, 6) is -2.30. The standard InChI is InChI=1S/C17H29N5O4/c1-9-4-3-5-22(8-9)15(24)14(20-10(2)23)12-6-11(16(25)26)7-13(12)21-17(18)19/h9,11-14H,3-8H2,1-2H3,(H,20,23)(H,25,26)(H4,18,19,21)/t9?,11?,12-,13-,14?/m0/s1. The summed E-state index contributed by atoms with van der Waals surface area (Å²) in [5, 5.41) is 12.1. The fraction of sp³-hybridized carbons (Fsp3) is 0.765. The minimum Gasteiger partial charge on any atom is -0.481 e. The van der Waals surface area contributed by atoms with Crippen LogP contribution in [0.1, 0.15) is 39.5 Å². The normalized spacial score (nSPS) is 29.7. The van der Waals surface area contributed by atoms with E-state index in [1.807, 2.05) is 0 Å². The van der Waals surface area contributed by atoms with E-state index in [1.54, 1.807) is 4.90 Å². The number of piperidine rings is 1. The van der Waals surface area contributed by atoms with Crippen LogP contribution in [0.25, 0.3) is 0 Å². The number of carbonyl (C=O) groups is 3. The highest BCUT2D eigenvalue weighted by molar-refractivity contribution is 5.87. The van der Waals surface area contributed by atoms with Crippen molar-refractivity contribution in [2.24, 2.45) is 34.2 Å². The molecule has 2 aliphatic rings. The summed E-state index contributed by atoms with van der Waals surface area (Å²) >= 11 is 0. The molecule has 0 spiro atoms. The van der Waals surface area contributed by atoms with Gasteiger partial charge in [0, 0.05) is 25.9 Å². The summed E-state index contributed by atoms with van der Waals surface area (Å²) in [4.78, 5) is 42.2. The third-order valence-corrected chi connectivity index (χ3v) is 5.26. The number of nitrogens with two attached hydrogens (primary N) is 2. The number of aliphatic imine (C=N–C) groups is 1. The second kappa shape index (κ2) is 8.37. The van der Waals surface area contributed by atoms with Gasteiger partial charge in [0.1, 0.15) is 6.04 Å². The van der Waals surface area contributed by atoms with Crippen LogP contribution in [0.15, 0.2) is 4.99 Å². The van der Waals surface area contributed by atoms with Crippen LogP contribution < -0.4 is 16.8 Å². The summed E-state index contributed by atoms with van der Waals surface area (Å²) < 4.78 is 0. The minimum absolute atomic E-state index is 0.147. The van der Waals surface area contributed by atoms with Gasteiger partial charge >= 0.3 is 5.97 Å². The zero-order valence-electron chi connectivity index (χ0n) is 15.4. The Bertz CT molecular complexity index is 590. The number of hydrogen-bond donors (Lipinski definition) is 4. The molecular formula is C17H29N5O4. The van der Waals surface area contributed by atoms with Crippen LogP contribution in [-0.2, 0) is 14.4 Å². The molecule has 2 rings (SSSR count). The Morgan fingerprint density at radius 1 is 1.27 bits per heavy atom. The van der Waals surface area contributed by atoms with Gasteiger partial charge in [-0.15, -0.1) is 0 Å². The van der Waals surface area contributed by atoms with Crippen LogP contribution in [0.2, 0.25) is 0 Å². The van der Waals surface area contributed by atoms with Crippen molar-refractivity contribution >= 4 is 23.7 Å². The Labute approximate surface area is 153 Å². The Balaban J connectivity index is 2.27. The summed E-state index contributed by atoms with van der Waals surface area (Å²) in [5.41, 5.74) is 11.0. The number of carboxylic acids is 1. The molecule has 1 saturated carbocycles. The first-order valence-electron chi connectivity index (χ1n) is 9.06. The van der Waals surface area contributed by atoms with Crippen molar-refractivity contribution in [1.29, 1.82) is 0 Å². The Kier molecular flexibility index (Phi) is 6.44. The molecule has 26 heavy (non-hydrogen) atoms. The molecule has 0 aromatic heterocycles. The number of hydrogen-bond acceptors (Lipinski definition) is 4. The van der Waals surface area contributed by atoms with Crippen molar-refractivity contribution in [3.8, 4) is 0 Å². The van der Waals surface area contributed by atoms with E-state index in [4.69, 9.17) is 11.5 Å². The first-order chi connectivity index (χ1) is 12.2.